The van der Waals surface area contributed by atoms with E-state index in [9.17, 15) is 15.2 Å². The summed E-state index contributed by atoms with van der Waals surface area (Å²) in [6, 6.07) is 3.98. The average molecular weight is 196 g/mol. The first kappa shape index (κ1) is 10.5. The molecule has 76 valence electrons. The molecule has 0 aliphatic carbocycles. The van der Waals surface area contributed by atoms with E-state index in [4.69, 9.17) is 5.73 Å². The number of phenolic OH excluding ortho intramolecular Hbond substituents is 1. The monoisotopic (exact) mass is 196 g/mol. The molecule has 0 radical (unpaired) electrons. The van der Waals surface area contributed by atoms with E-state index < -0.39 is 11.0 Å². The van der Waals surface area contributed by atoms with Crippen molar-refractivity contribution in [2.75, 3.05) is 0 Å². The van der Waals surface area contributed by atoms with Crippen molar-refractivity contribution in [3.05, 3.63) is 33.9 Å². The Morgan fingerprint density at radius 3 is 2.79 bits per heavy atom. The normalized spacial score (nSPS) is 12.4. The molecular formula is C9H12N2O3. The Balaban J connectivity index is 3.28. The van der Waals surface area contributed by atoms with E-state index in [0.29, 0.717) is 12.0 Å². The molecule has 0 fully saturated rings. The van der Waals surface area contributed by atoms with Crippen LogP contribution in [0.4, 0.5) is 5.69 Å². The summed E-state index contributed by atoms with van der Waals surface area (Å²) < 4.78 is 0. The van der Waals surface area contributed by atoms with Crippen LogP contribution in [0.25, 0.3) is 0 Å². The van der Waals surface area contributed by atoms with Crippen molar-refractivity contribution >= 4 is 5.69 Å². The van der Waals surface area contributed by atoms with Gasteiger partial charge >= 0.3 is 5.69 Å². The Morgan fingerprint density at radius 1 is 1.64 bits per heavy atom. The molecule has 0 heterocycles. The Morgan fingerprint density at radius 2 is 2.29 bits per heavy atom. The number of benzene rings is 1. The predicted molar refractivity (Wildman–Crippen MR) is 52.0 cm³/mol. The third-order valence-electron chi connectivity index (χ3n) is 2.07. The first-order valence-corrected chi connectivity index (χ1v) is 4.29. The zero-order valence-electron chi connectivity index (χ0n) is 7.80. The van der Waals surface area contributed by atoms with E-state index in [1.54, 1.807) is 12.1 Å². The van der Waals surface area contributed by atoms with E-state index in [2.05, 4.69) is 0 Å². The minimum atomic E-state index is -0.611. The fourth-order valence-corrected chi connectivity index (χ4v) is 1.27. The number of nitrogens with two attached hydrogens (primary N) is 1. The van der Waals surface area contributed by atoms with E-state index in [1.165, 1.54) is 6.07 Å². The van der Waals surface area contributed by atoms with E-state index in [-0.39, 0.29) is 11.4 Å². The number of rotatable bonds is 3. The van der Waals surface area contributed by atoms with Crippen LogP contribution in [0.2, 0.25) is 0 Å². The third kappa shape index (κ3) is 1.82. The number of nitrogens with zero attached hydrogens (tertiary/aromatic N) is 1. The van der Waals surface area contributed by atoms with Gasteiger partial charge in [-0.15, -0.1) is 0 Å². The van der Waals surface area contributed by atoms with Crippen LogP contribution in [0.15, 0.2) is 18.2 Å². The molecule has 0 unspecified atom stereocenters. The molecule has 14 heavy (non-hydrogen) atoms. The largest absolute Gasteiger partial charge is 0.502 e. The standard InChI is InChI=1S/C9H12N2O3/c1-2-7(10)6-4-3-5-8(12)9(6)11(13)14/h3-5,7,12H,2,10H2,1H3/t7-/m1/s1. The smallest absolute Gasteiger partial charge is 0.315 e. The minimum Gasteiger partial charge on any atom is -0.502 e. The van der Waals surface area contributed by atoms with Crippen molar-refractivity contribution in [2.45, 2.75) is 19.4 Å². The molecule has 5 heteroatoms. The van der Waals surface area contributed by atoms with Crippen molar-refractivity contribution in [3.8, 4) is 5.75 Å². The zero-order chi connectivity index (χ0) is 10.7. The van der Waals surface area contributed by atoms with Crippen LogP contribution < -0.4 is 5.73 Å². The SMILES string of the molecule is CC[C@@H](N)c1cccc(O)c1[N+](=O)[O-]. The predicted octanol–water partition coefficient (Wildman–Crippen LogP) is 1.71. The lowest BCUT2D eigenvalue weighted by molar-refractivity contribution is -0.386. The first-order valence-electron chi connectivity index (χ1n) is 4.29. The van der Waals surface area contributed by atoms with Gasteiger partial charge in [0.2, 0.25) is 0 Å². The fourth-order valence-electron chi connectivity index (χ4n) is 1.27. The highest BCUT2D eigenvalue weighted by atomic mass is 16.6. The Kier molecular flexibility index (Phi) is 3.03. The second kappa shape index (κ2) is 4.06. The van der Waals surface area contributed by atoms with Crippen LogP contribution in [-0.2, 0) is 0 Å². The van der Waals surface area contributed by atoms with Crippen LogP contribution in [-0.4, -0.2) is 10.0 Å². The number of nitro groups is 1. The van der Waals surface area contributed by atoms with Gasteiger partial charge in [-0.2, -0.15) is 0 Å². The number of hydrogen-bond acceptors (Lipinski definition) is 4. The molecule has 1 atom stereocenters. The van der Waals surface area contributed by atoms with Crippen LogP contribution in [0, 0.1) is 10.1 Å². The maximum Gasteiger partial charge on any atom is 0.315 e. The van der Waals surface area contributed by atoms with Gasteiger partial charge in [-0.25, -0.2) is 0 Å². The summed E-state index contributed by atoms with van der Waals surface area (Å²) in [5, 5.41) is 20.0. The summed E-state index contributed by atoms with van der Waals surface area (Å²) in [4.78, 5) is 10.0. The topological polar surface area (TPSA) is 89.4 Å². The number of para-hydroxylation sites is 1. The molecule has 1 aromatic rings. The highest BCUT2D eigenvalue weighted by Crippen LogP contribution is 2.33. The summed E-state index contributed by atoms with van der Waals surface area (Å²) >= 11 is 0. The van der Waals surface area contributed by atoms with Gasteiger partial charge in [0.15, 0.2) is 5.75 Å². The summed E-state index contributed by atoms with van der Waals surface area (Å²) in [7, 11) is 0. The van der Waals surface area contributed by atoms with Gasteiger partial charge in [-0.1, -0.05) is 19.1 Å². The average Bonchev–Trinajstić information content (AvgIpc) is 2.15. The first-order chi connectivity index (χ1) is 6.57. The lowest BCUT2D eigenvalue weighted by Gasteiger charge is -2.09. The van der Waals surface area contributed by atoms with Crippen LogP contribution in [0.3, 0.4) is 0 Å². The number of hydrogen-bond donors (Lipinski definition) is 2. The zero-order valence-corrected chi connectivity index (χ0v) is 7.80. The molecular weight excluding hydrogens is 184 g/mol. The molecule has 1 aromatic carbocycles. The molecule has 0 amide bonds. The van der Waals surface area contributed by atoms with Crippen molar-refractivity contribution in [1.29, 1.82) is 0 Å². The number of phenols is 1. The van der Waals surface area contributed by atoms with E-state index in [0.717, 1.165) is 0 Å². The molecule has 3 N–H and O–H groups in total. The van der Waals surface area contributed by atoms with Gasteiger partial charge in [-0.05, 0) is 12.5 Å². The summed E-state index contributed by atoms with van der Waals surface area (Å²) in [6.07, 6.45) is 0.588. The molecule has 1 rings (SSSR count). The van der Waals surface area contributed by atoms with Crippen LogP contribution >= 0.6 is 0 Å². The van der Waals surface area contributed by atoms with Crippen molar-refractivity contribution in [3.63, 3.8) is 0 Å². The molecule has 0 spiro atoms. The van der Waals surface area contributed by atoms with Crippen molar-refractivity contribution in [2.24, 2.45) is 5.73 Å². The minimum absolute atomic E-state index is 0.290. The highest BCUT2D eigenvalue weighted by Gasteiger charge is 2.22. The van der Waals surface area contributed by atoms with Gasteiger partial charge < -0.3 is 10.8 Å². The highest BCUT2D eigenvalue weighted by molar-refractivity contribution is 5.53. The molecule has 5 nitrogen and oxygen atoms in total. The van der Waals surface area contributed by atoms with Gasteiger partial charge in [-0.3, -0.25) is 10.1 Å². The molecule has 0 saturated carbocycles. The molecule has 0 aliphatic rings. The third-order valence-corrected chi connectivity index (χ3v) is 2.07. The quantitative estimate of drug-likeness (QED) is 0.568. The summed E-state index contributed by atoms with van der Waals surface area (Å²) in [5.41, 5.74) is 5.77. The van der Waals surface area contributed by atoms with Crippen molar-refractivity contribution < 1.29 is 10.0 Å². The second-order valence-corrected chi connectivity index (χ2v) is 2.99. The van der Waals surface area contributed by atoms with Gasteiger partial charge in [0.1, 0.15) is 0 Å². The maximum atomic E-state index is 10.7. The van der Waals surface area contributed by atoms with E-state index in [1.807, 2.05) is 6.92 Å². The fraction of sp³-hybridized carbons (Fsp3) is 0.333. The Labute approximate surface area is 81.3 Å². The lowest BCUT2D eigenvalue weighted by atomic mass is 10.0. The summed E-state index contributed by atoms with van der Waals surface area (Å²) in [6.45, 7) is 1.83. The Bertz CT molecular complexity index is 352. The molecule has 0 aromatic heterocycles. The second-order valence-electron chi connectivity index (χ2n) is 2.99. The van der Waals surface area contributed by atoms with Gasteiger partial charge in [0.05, 0.1) is 10.5 Å². The Hall–Kier alpha value is -1.62. The van der Waals surface area contributed by atoms with Gasteiger partial charge in [0.25, 0.3) is 0 Å². The molecule has 0 bridgehead atoms. The lowest BCUT2D eigenvalue weighted by Crippen LogP contribution is -2.11. The van der Waals surface area contributed by atoms with Gasteiger partial charge in [0, 0.05) is 6.04 Å². The van der Waals surface area contributed by atoms with Crippen LogP contribution in [0.1, 0.15) is 24.9 Å². The summed E-state index contributed by atoms with van der Waals surface area (Å²) in [5.74, 6) is -0.337. The number of nitro benzene ring substituents is 1. The van der Waals surface area contributed by atoms with E-state index >= 15 is 0 Å². The number of aromatic hydroxyl groups is 1. The van der Waals surface area contributed by atoms with Crippen molar-refractivity contribution in [1.82, 2.24) is 0 Å². The molecule has 0 saturated heterocycles. The molecule has 0 aliphatic heterocycles. The van der Waals surface area contributed by atoms with Crippen LogP contribution in [0.5, 0.6) is 5.75 Å². The maximum absolute atomic E-state index is 10.7.